The smallest absolute Gasteiger partial charge is 0.256 e. The number of carbonyl (C=O) groups is 1. The van der Waals surface area contributed by atoms with Gasteiger partial charge < -0.3 is 14.4 Å². The van der Waals surface area contributed by atoms with Crippen LogP contribution in [0.2, 0.25) is 5.02 Å². The van der Waals surface area contributed by atoms with Crippen LogP contribution in [0.15, 0.2) is 24.4 Å². The van der Waals surface area contributed by atoms with Gasteiger partial charge in [0.2, 0.25) is 0 Å². The Hall–Kier alpha value is -1.23. The first-order chi connectivity index (χ1) is 12.6. The molecule has 0 radical (unpaired) electrons. The van der Waals surface area contributed by atoms with Crippen LogP contribution in [0.1, 0.15) is 42.5 Å². The lowest BCUT2D eigenvalue weighted by Crippen LogP contribution is -2.47. The monoisotopic (exact) mass is 409 g/mol. The van der Waals surface area contributed by atoms with Crippen LogP contribution in [0, 0.1) is 5.92 Å². The largest absolute Gasteiger partial charge is 0.346 e. The molecule has 0 spiro atoms. The Kier molecular flexibility index (Phi) is 6.72. The number of hydrogen-bond donors (Lipinski definition) is 0. The zero-order chi connectivity index (χ0) is 18.1. The summed E-state index contributed by atoms with van der Waals surface area (Å²) in [5.74, 6) is 0.873. The van der Waals surface area contributed by atoms with Gasteiger partial charge in [-0.15, -0.1) is 12.4 Å². The quantitative estimate of drug-likeness (QED) is 0.735. The van der Waals surface area contributed by atoms with E-state index in [0.29, 0.717) is 5.92 Å². The summed E-state index contributed by atoms with van der Waals surface area (Å²) in [7, 11) is 2.11. The molecular formula is C21H29Cl2N3O. The second kappa shape index (κ2) is 8.85. The average molecular weight is 410 g/mol. The fourth-order valence-corrected chi connectivity index (χ4v) is 4.58. The summed E-state index contributed by atoms with van der Waals surface area (Å²) < 4.78 is 2.28. The Morgan fingerprint density at radius 1 is 1.11 bits per heavy atom. The Balaban J connectivity index is 0.00000210. The van der Waals surface area contributed by atoms with Gasteiger partial charge in [-0.2, -0.15) is 0 Å². The minimum atomic E-state index is 0. The number of aromatic nitrogens is 1. The predicted molar refractivity (Wildman–Crippen MR) is 114 cm³/mol. The van der Waals surface area contributed by atoms with E-state index in [9.17, 15) is 4.79 Å². The highest BCUT2D eigenvalue weighted by molar-refractivity contribution is 6.31. The van der Waals surface area contributed by atoms with E-state index in [4.69, 9.17) is 11.6 Å². The highest BCUT2D eigenvalue weighted by atomic mass is 35.5. The van der Waals surface area contributed by atoms with Crippen LogP contribution in [0.4, 0.5) is 0 Å². The Bertz CT molecular complexity index is 790. The average Bonchev–Trinajstić information content (AvgIpc) is 3.00. The number of rotatable bonds is 3. The van der Waals surface area contributed by atoms with E-state index in [-0.39, 0.29) is 18.3 Å². The SMILES string of the molecule is CN1CCN(C(=O)c2cn(CC3CCCCC3)c3cc(Cl)ccc23)CC1.Cl. The summed E-state index contributed by atoms with van der Waals surface area (Å²) in [5, 5.41) is 1.77. The topological polar surface area (TPSA) is 28.5 Å². The third kappa shape index (κ3) is 4.44. The second-order valence-corrected chi connectivity index (χ2v) is 8.39. The molecule has 2 heterocycles. The van der Waals surface area contributed by atoms with E-state index >= 15 is 0 Å². The van der Waals surface area contributed by atoms with Gasteiger partial charge in [-0.3, -0.25) is 4.79 Å². The molecule has 148 valence electrons. The van der Waals surface area contributed by atoms with Crippen molar-refractivity contribution in [3.05, 3.63) is 35.0 Å². The van der Waals surface area contributed by atoms with Gasteiger partial charge in [0.15, 0.2) is 0 Å². The zero-order valence-electron chi connectivity index (χ0n) is 16.0. The van der Waals surface area contributed by atoms with E-state index in [1.54, 1.807) is 0 Å². The van der Waals surface area contributed by atoms with Crippen LogP contribution >= 0.6 is 24.0 Å². The number of nitrogens with zero attached hydrogens (tertiary/aromatic N) is 3. The van der Waals surface area contributed by atoms with Gasteiger partial charge in [0.25, 0.3) is 5.91 Å². The molecule has 0 atom stereocenters. The molecule has 1 saturated heterocycles. The van der Waals surface area contributed by atoms with Gasteiger partial charge in [0.05, 0.1) is 11.1 Å². The van der Waals surface area contributed by atoms with Crippen LogP contribution in [0.25, 0.3) is 10.9 Å². The fourth-order valence-electron chi connectivity index (χ4n) is 4.41. The Morgan fingerprint density at radius 3 is 2.52 bits per heavy atom. The Morgan fingerprint density at radius 2 is 1.81 bits per heavy atom. The number of hydrogen-bond acceptors (Lipinski definition) is 2. The third-order valence-electron chi connectivity index (χ3n) is 6.04. The normalized spacial score (nSPS) is 19.3. The minimum absolute atomic E-state index is 0. The number of carbonyl (C=O) groups excluding carboxylic acids is 1. The molecule has 2 aliphatic rings. The lowest BCUT2D eigenvalue weighted by molar-refractivity contribution is 0.0666. The summed E-state index contributed by atoms with van der Waals surface area (Å²) in [5.41, 5.74) is 1.93. The molecule has 1 aromatic heterocycles. The van der Waals surface area contributed by atoms with Crippen molar-refractivity contribution in [3.63, 3.8) is 0 Å². The molecule has 6 heteroatoms. The molecule has 1 aliphatic carbocycles. The molecule has 1 aromatic carbocycles. The van der Waals surface area contributed by atoms with Crippen molar-refractivity contribution in [2.24, 2.45) is 5.92 Å². The van der Waals surface area contributed by atoms with Crippen molar-refractivity contribution in [2.45, 2.75) is 38.6 Å². The highest BCUT2D eigenvalue weighted by Gasteiger charge is 2.24. The first-order valence-electron chi connectivity index (χ1n) is 9.88. The van der Waals surface area contributed by atoms with Crippen molar-refractivity contribution in [1.29, 1.82) is 0 Å². The van der Waals surface area contributed by atoms with Gasteiger partial charge in [0, 0.05) is 49.3 Å². The predicted octanol–water partition coefficient (Wildman–Crippen LogP) is 4.68. The van der Waals surface area contributed by atoms with Crippen LogP contribution in [-0.2, 0) is 6.54 Å². The van der Waals surface area contributed by atoms with Crippen molar-refractivity contribution < 1.29 is 4.79 Å². The fraction of sp³-hybridized carbons (Fsp3) is 0.571. The number of piperazine rings is 1. The summed E-state index contributed by atoms with van der Waals surface area (Å²) in [6, 6.07) is 5.93. The van der Waals surface area contributed by atoms with E-state index in [1.807, 2.05) is 23.1 Å². The molecule has 0 N–H and O–H groups in total. The first kappa shape index (κ1) is 20.5. The molecule has 4 rings (SSSR count). The van der Waals surface area contributed by atoms with Gasteiger partial charge in [-0.1, -0.05) is 36.9 Å². The molecular weight excluding hydrogens is 381 g/mol. The second-order valence-electron chi connectivity index (χ2n) is 7.96. The number of fused-ring (bicyclic) bond motifs is 1. The van der Waals surface area contributed by atoms with Gasteiger partial charge in [0.1, 0.15) is 0 Å². The lowest BCUT2D eigenvalue weighted by atomic mass is 9.89. The molecule has 1 saturated carbocycles. The maximum atomic E-state index is 13.2. The molecule has 2 fully saturated rings. The molecule has 4 nitrogen and oxygen atoms in total. The zero-order valence-corrected chi connectivity index (χ0v) is 17.6. The summed E-state index contributed by atoms with van der Waals surface area (Å²) in [6.07, 6.45) is 8.69. The number of halogens is 2. The van der Waals surface area contributed by atoms with Crippen molar-refractivity contribution in [2.75, 3.05) is 33.2 Å². The minimum Gasteiger partial charge on any atom is -0.346 e. The molecule has 2 aromatic rings. The maximum Gasteiger partial charge on any atom is 0.256 e. The highest BCUT2D eigenvalue weighted by Crippen LogP contribution is 2.30. The van der Waals surface area contributed by atoms with E-state index in [2.05, 4.69) is 22.7 Å². The maximum absolute atomic E-state index is 13.2. The van der Waals surface area contributed by atoms with Crippen molar-refractivity contribution in [3.8, 4) is 0 Å². The molecule has 0 bridgehead atoms. The van der Waals surface area contributed by atoms with E-state index < -0.39 is 0 Å². The molecule has 0 unspecified atom stereocenters. The van der Waals surface area contributed by atoms with Crippen molar-refractivity contribution in [1.82, 2.24) is 14.4 Å². The number of benzene rings is 1. The molecule has 27 heavy (non-hydrogen) atoms. The lowest BCUT2D eigenvalue weighted by Gasteiger charge is -2.32. The van der Waals surface area contributed by atoms with Crippen LogP contribution < -0.4 is 0 Å². The summed E-state index contributed by atoms with van der Waals surface area (Å²) >= 11 is 6.27. The summed E-state index contributed by atoms with van der Waals surface area (Å²) in [6.45, 7) is 4.49. The Labute approximate surface area is 172 Å². The standard InChI is InChI=1S/C21H28ClN3O.ClH/c1-23-9-11-24(12-10-23)21(26)19-15-25(14-16-5-3-2-4-6-16)20-13-17(22)7-8-18(19)20;/h7-8,13,15-16H,2-6,9-12,14H2,1H3;1H. The third-order valence-corrected chi connectivity index (χ3v) is 6.28. The van der Waals surface area contributed by atoms with E-state index in [1.165, 1.54) is 32.1 Å². The van der Waals surface area contributed by atoms with Crippen LogP contribution in [0.5, 0.6) is 0 Å². The number of amides is 1. The number of likely N-dealkylation sites (N-methyl/N-ethyl adjacent to an activating group) is 1. The van der Waals surface area contributed by atoms with Gasteiger partial charge >= 0.3 is 0 Å². The first-order valence-corrected chi connectivity index (χ1v) is 10.3. The van der Waals surface area contributed by atoms with Crippen molar-refractivity contribution >= 4 is 40.8 Å². The van der Waals surface area contributed by atoms with Gasteiger partial charge in [-0.25, -0.2) is 0 Å². The van der Waals surface area contributed by atoms with Gasteiger partial charge in [-0.05, 0) is 37.9 Å². The van der Waals surface area contributed by atoms with Crippen LogP contribution in [0.3, 0.4) is 0 Å². The molecule has 1 amide bonds. The van der Waals surface area contributed by atoms with Crippen LogP contribution in [-0.4, -0.2) is 53.5 Å². The van der Waals surface area contributed by atoms with E-state index in [0.717, 1.165) is 54.2 Å². The summed E-state index contributed by atoms with van der Waals surface area (Å²) in [4.78, 5) is 17.4. The molecule has 1 aliphatic heterocycles.